The van der Waals surface area contributed by atoms with Gasteiger partial charge in [-0.1, -0.05) is 0 Å². The van der Waals surface area contributed by atoms with Gasteiger partial charge in [-0.3, -0.25) is 18.9 Å². The molecular formula is C21H23FN9O9P2S+. The fourth-order valence-corrected chi connectivity index (χ4v) is 7.64. The average Bonchev–Trinajstić information content (AvgIpc) is 3.72. The molecule has 3 aliphatic heterocycles. The fraction of sp³-hybridized carbons (Fsp3) is 0.476. The summed E-state index contributed by atoms with van der Waals surface area (Å²) in [7, 11) is -2.93. The molecule has 0 spiro atoms. The monoisotopic (exact) mass is 658 g/mol. The van der Waals surface area contributed by atoms with E-state index in [1.165, 1.54) is 29.5 Å². The molecule has 2 bridgehead atoms. The lowest BCUT2D eigenvalue weighted by Crippen LogP contribution is -2.44. The van der Waals surface area contributed by atoms with Crippen LogP contribution in [0.5, 0.6) is 0 Å². The van der Waals surface area contributed by atoms with Crippen LogP contribution in [-0.2, 0) is 49.7 Å². The van der Waals surface area contributed by atoms with Crippen molar-refractivity contribution in [2.75, 3.05) is 31.3 Å². The Balaban J connectivity index is 1.18. The maximum atomic E-state index is 16.8. The van der Waals surface area contributed by atoms with E-state index in [-0.39, 0.29) is 41.6 Å². The Morgan fingerprint density at radius 1 is 1.23 bits per heavy atom. The molecule has 0 aromatic carbocycles. The van der Waals surface area contributed by atoms with Gasteiger partial charge in [-0.2, -0.15) is 4.98 Å². The number of aromatic amines is 1. The molecule has 0 radical (unpaired) electrons. The lowest BCUT2D eigenvalue weighted by Gasteiger charge is -2.27. The third-order valence-corrected chi connectivity index (χ3v) is 9.64. The van der Waals surface area contributed by atoms with Gasteiger partial charge < -0.3 is 34.9 Å². The van der Waals surface area contributed by atoms with E-state index in [1.807, 2.05) is 0 Å². The molecule has 7 heterocycles. The summed E-state index contributed by atoms with van der Waals surface area (Å²) in [5.74, 6) is -2.46. The number of nitrogens with two attached hydrogens (primary N) is 2. The van der Waals surface area contributed by atoms with E-state index in [1.54, 1.807) is 0 Å². The zero-order valence-corrected chi connectivity index (χ0v) is 24.4. The first-order chi connectivity index (χ1) is 20.5. The van der Waals surface area contributed by atoms with Gasteiger partial charge in [0.05, 0.1) is 24.4 Å². The Labute approximate surface area is 245 Å². The molecule has 0 amide bonds. The Morgan fingerprint density at radius 3 is 2.91 bits per heavy atom. The number of imidazole rings is 1. The minimum Gasteiger partial charge on any atom is -0.383 e. The van der Waals surface area contributed by atoms with E-state index < -0.39 is 70.2 Å². The highest BCUT2D eigenvalue weighted by Gasteiger charge is 2.59. The SMILES string of the molecule is Nc1nc2c(ncn2[C@@H]2O[C@@H]3CO[P+](=O)O[C@@H]4[C@@H](COP(O)(=S)O[C@@H]2C3)OC[C@@]4(F)n2ccc3c(N)ncnc32)c(=O)[nH]1. The van der Waals surface area contributed by atoms with E-state index >= 15 is 4.39 Å². The first-order valence-corrected chi connectivity index (χ1v) is 16.4. The maximum absolute atomic E-state index is 16.8. The van der Waals surface area contributed by atoms with Crippen LogP contribution in [0.1, 0.15) is 12.6 Å². The van der Waals surface area contributed by atoms with Gasteiger partial charge in [-0.25, -0.2) is 19.3 Å². The molecule has 4 aromatic heterocycles. The van der Waals surface area contributed by atoms with E-state index in [0.717, 1.165) is 4.57 Å². The quantitative estimate of drug-likeness (QED) is 0.217. The number of nitrogen functional groups attached to an aromatic ring is 2. The molecule has 43 heavy (non-hydrogen) atoms. The summed E-state index contributed by atoms with van der Waals surface area (Å²) in [5.41, 5.74) is 11.3. The van der Waals surface area contributed by atoms with Crippen LogP contribution >= 0.6 is 15.0 Å². The smallest absolute Gasteiger partial charge is 0.383 e. The fourth-order valence-electron chi connectivity index (χ4n) is 5.37. The molecule has 3 fully saturated rings. The normalized spacial score (nSPS) is 34.6. The van der Waals surface area contributed by atoms with Crippen molar-refractivity contribution >= 4 is 60.7 Å². The van der Waals surface area contributed by atoms with Crippen molar-refractivity contribution < 1.29 is 41.4 Å². The van der Waals surface area contributed by atoms with Crippen LogP contribution in [0.25, 0.3) is 22.2 Å². The number of nitrogens with zero attached hydrogens (tertiary/aromatic N) is 6. The number of fused-ring (bicyclic) bond motifs is 5. The minimum atomic E-state index is -4.04. The van der Waals surface area contributed by atoms with Crippen molar-refractivity contribution in [3.63, 3.8) is 0 Å². The summed E-state index contributed by atoms with van der Waals surface area (Å²) in [4.78, 5) is 41.9. The van der Waals surface area contributed by atoms with Crippen molar-refractivity contribution in [1.29, 1.82) is 0 Å². The number of ether oxygens (including phenoxy) is 2. The first kappa shape index (κ1) is 28.7. The average molecular weight is 658 g/mol. The Kier molecular flexibility index (Phi) is 7.05. The Bertz CT molecular complexity index is 1860. The summed E-state index contributed by atoms with van der Waals surface area (Å²) < 4.78 is 66.6. The number of aromatic nitrogens is 7. The number of nitrogens with one attached hydrogen (secondary N) is 1. The summed E-state index contributed by atoms with van der Waals surface area (Å²) in [6.07, 6.45) is -1.56. The van der Waals surface area contributed by atoms with Gasteiger partial charge >= 0.3 is 15.0 Å². The second-order valence-corrected chi connectivity index (χ2v) is 13.7. The topological polar surface area (TPSA) is 239 Å². The van der Waals surface area contributed by atoms with Gasteiger partial charge in [-0.05, 0) is 17.9 Å². The van der Waals surface area contributed by atoms with Gasteiger partial charge in [0.25, 0.3) is 5.56 Å². The molecule has 22 heteroatoms. The molecule has 7 rings (SSSR count). The van der Waals surface area contributed by atoms with Crippen LogP contribution < -0.4 is 17.0 Å². The summed E-state index contributed by atoms with van der Waals surface area (Å²) in [6.45, 7) is -5.37. The van der Waals surface area contributed by atoms with E-state index in [9.17, 15) is 14.3 Å². The third-order valence-electron chi connectivity index (χ3n) is 7.29. The number of H-pyrrole nitrogens is 1. The van der Waals surface area contributed by atoms with Gasteiger partial charge in [0.15, 0.2) is 23.5 Å². The van der Waals surface area contributed by atoms with Crippen LogP contribution in [0.3, 0.4) is 0 Å². The number of halogens is 1. The first-order valence-electron chi connectivity index (χ1n) is 12.7. The summed E-state index contributed by atoms with van der Waals surface area (Å²) >= 11 is 5.27. The lowest BCUT2D eigenvalue weighted by atomic mass is 10.1. The van der Waals surface area contributed by atoms with E-state index in [2.05, 4.69) is 24.9 Å². The second-order valence-electron chi connectivity index (χ2n) is 9.96. The van der Waals surface area contributed by atoms with Gasteiger partial charge in [0.2, 0.25) is 11.7 Å². The predicted molar refractivity (Wildman–Crippen MR) is 148 cm³/mol. The maximum Gasteiger partial charge on any atom is 0.698 e. The van der Waals surface area contributed by atoms with Gasteiger partial charge in [0, 0.05) is 17.2 Å². The number of anilines is 2. The van der Waals surface area contributed by atoms with Crippen molar-refractivity contribution in [3.05, 3.63) is 35.3 Å². The molecule has 3 saturated heterocycles. The Hall–Kier alpha value is -3.03. The molecule has 18 nitrogen and oxygen atoms in total. The number of hydrogen-bond acceptors (Lipinski definition) is 15. The molecule has 6 N–H and O–H groups in total. The second kappa shape index (κ2) is 10.6. The van der Waals surface area contributed by atoms with Crippen molar-refractivity contribution in [3.8, 4) is 0 Å². The standard InChI is InChI=1S/C21H22FN9O9P2S/c22-21(31-2-1-10-15(23)25-7-26-16(10)31)6-35-12-5-37-42(34,43)40-11-3-9(4-36-41(33)39-14(12)21)38-19(11)30-8-27-13-17(30)28-20(24)29-18(13)32/h1-2,7-9,11-12,14,19H,3-6H2,(H5-,23,24,25,26,28,29,32,34,43)/p+1/t9-,11+,12+,14+,19+,21+,42?/m0/s1. The summed E-state index contributed by atoms with van der Waals surface area (Å²) in [6, 6.07) is 1.53. The molecule has 228 valence electrons. The lowest BCUT2D eigenvalue weighted by molar-refractivity contribution is -0.0577. The zero-order chi connectivity index (χ0) is 30.1. The molecule has 4 aromatic rings. The van der Waals surface area contributed by atoms with Crippen LogP contribution in [0, 0.1) is 0 Å². The van der Waals surface area contributed by atoms with Crippen LogP contribution in [0.2, 0.25) is 0 Å². The van der Waals surface area contributed by atoms with Crippen molar-refractivity contribution in [2.45, 2.75) is 42.9 Å². The Morgan fingerprint density at radius 2 is 2.07 bits per heavy atom. The highest BCUT2D eigenvalue weighted by molar-refractivity contribution is 8.07. The number of hydrogen-bond donors (Lipinski definition) is 4. The van der Waals surface area contributed by atoms with E-state index in [0.29, 0.717) is 5.39 Å². The molecule has 2 unspecified atom stereocenters. The molecular weight excluding hydrogens is 635 g/mol. The molecule has 0 aliphatic carbocycles. The molecule has 0 saturated carbocycles. The number of alkyl halides is 1. The number of rotatable bonds is 2. The summed E-state index contributed by atoms with van der Waals surface area (Å²) in [5, 5.41) is 0.389. The predicted octanol–water partition coefficient (Wildman–Crippen LogP) is 0.729. The van der Waals surface area contributed by atoms with Gasteiger partial charge in [-0.15, -0.1) is 9.05 Å². The van der Waals surface area contributed by atoms with Crippen LogP contribution in [0.15, 0.2) is 29.7 Å². The van der Waals surface area contributed by atoms with Crippen LogP contribution in [0.4, 0.5) is 16.2 Å². The molecule has 8 atom stereocenters. The highest BCUT2D eigenvalue weighted by atomic mass is 32.5. The minimum absolute atomic E-state index is 0.00874. The highest BCUT2D eigenvalue weighted by Crippen LogP contribution is 2.52. The van der Waals surface area contributed by atoms with Crippen molar-refractivity contribution in [2.24, 2.45) is 0 Å². The molecule has 3 aliphatic rings. The van der Waals surface area contributed by atoms with E-state index in [4.69, 9.17) is 50.8 Å². The zero-order valence-electron chi connectivity index (χ0n) is 21.8. The third kappa shape index (κ3) is 5.02. The van der Waals surface area contributed by atoms with Crippen LogP contribution in [-0.4, -0.2) is 83.2 Å². The van der Waals surface area contributed by atoms with Gasteiger partial charge in [0.1, 0.15) is 43.2 Å². The largest absolute Gasteiger partial charge is 0.698 e. The van der Waals surface area contributed by atoms with Crippen molar-refractivity contribution in [1.82, 2.24) is 34.1 Å².